The lowest BCUT2D eigenvalue weighted by Gasteiger charge is -2.13. The van der Waals surface area contributed by atoms with Crippen molar-refractivity contribution in [1.29, 1.82) is 0 Å². The highest BCUT2D eigenvalue weighted by Gasteiger charge is 2.23. The number of nitrogens with zero attached hydrogens (tertiary/aromatic N) is 1. The summed E-state index contributed by atoms with van der Waals surface area (Å²) in [6.07, 6.45) is -0.406. The van der Waals surface area contributed by atoms with E-state index in [1.807, 2.05) is 0 Å². The van der Waals surface area contributed by atoms with Crippen LogP contribution in [0.15, 0.2) is 18.2 Å². The molecule has 15 heavy (non-hydrogen) atoms. The Morgan fingerprint density at radius 3 is 3.00 bits per heavy atom. The average molecular weight is 210 g/mol. The molecule has 0 aromatic heterocycles. The number of carbonyl (C=O) groups excluding carboxylic acids is 1. The monoisotopic (exact) mass is 210 g/mol. The first-order valence-corrected chi connectivity index (χ1v) is 4.63. The van der Waals surface area contributed by atoms with E-state index in [9.17, 15) is 9.18 Å². The molecule has 1 amide bonds. The Morgan fingerprint density at radius 1 is 1.53 bits per heavy atom. The first-order valence-electron chi connectivity index (χ1n) is 4.63. The fraction of sp³-hybridized carbons (Fsp3) is 0.300. The highest BCUT2D eigenvalue weighted by Crippen LogP contribution is 2.18. The van der Waals surface area contributed by atoms with E-state index < -0.39 is 11.9 Å². The van der Waals surface area contributed by atoms with Gasteiger partial charge in [0.1, 0.15) is 6.61 Å². The van der Waals surface area contributed by atoms with Gasteiger partial charge in [-0.1, -0.05) is 12.1 Å². The molecule has 1 saturated heterocycles. The number of benzene rings is 1. The molecule has 1 aliphatic heterocycles. The van der Waals surface area contributed by atoms with Crippen molar-refractivity contribution in [3.05, 3.63) is 29.6 Å². The van der Waals surface area contributed by atoms with Gasteiger partial charge in [-0.2, -0.15) is 0 Å². The molecule has 0 atom stereocenters. The summed E-state index contributed by atoms with van der Waals surface area (Å²) in [7, 11) is 0. The molecule has 1 fully saturated rings. The highest BCUT2D eigenvalue weighted by molar-refractivity contribution is 5.69. The molecule has 0 radical (unpaired) electrons. The van der Waals surface area contributed by atoms with E-state index in [1.165, 1.54) is 11.0 Å². The van der Waals surface area contributed by atoms with Crippen molar-refractivity contribution in [2.24, 2.45) is 0 Å². The lowest BCUT2D eigenvalue weighted by atomic mass is 10.2. The summed E-state index contributed by atoms with van der Waals surface area (Å²) < 4.78 is 18.2. The van der Waals surface area contributed by atoms with Gasteiger partial charge < -0.3 is 15.4 Å². The maximum Gasteiger partial charge on any atom is 0.410 e. The summed E-state index contributed by atoms with van der Waals surface area (Å²) in [4.78, 5) is 12.6. The third-order valence-electron chi connectivity index (χ3n) is 2.31. The van der Waals surface area contributed by atoms with E-state index in [2.05, 4.69) is 0 Å². The fourth-order valence-corrected chi connectivity index (χ4v) is 1.50. The first-order chi connectivity index (χ1) is 7.18. The van der Waals surface area contributed by atoms with Gasteiger partial charge in [0.05, 0.1) is 18.8 Å². The molecular weight excluding hydrogens is 199 g/mol. The molecule has 1 heterocycles. The van der Waals surface area contributed by atoms with Gasteiger partial charge in [0.25, 0.3) is 0 Å². The molecule has 0 saturated carbocycles. The summed E-state index contributed by atoms with van der Waals surface area (Å²) >= 11 is 0. The largest absolute Gasteiger partial charge is 0.448 e. The zero-order valence-electron chi connectivity index (χ0n) is 8.07. The fourth-order valence-electron chi connectivity index (χ4n) is 1.50. The van der Waals surface area contributed by atoms with Crippen LogP contribution in [-0.2, 0) is 11.3 Å². The van der Waals surface area contributed by atoms with Gasteiger partial charge >= 0.3 is 6.09 Å². The van der Waals surface area contributed by atoms with Gasteiger partial charge in [0.15, 0.2) is 5.82 Å². The van der Waals surface area contributed by atoms with Crippen molar-refractivity contribution >= 4 is 11.8 Å². The molecule has 2 rings (SSSR count). The summed E-state index contributed by atoms with van der Waals surface area (Å²) in [5.41, 5.74) is 5.93. The van der Waals surface area contributed by atoms with E-state index in [1.54, 1.807) is 12.1 Å². The van der Waals surface area contributed by atoms with Gasteiger partial charge in [0, 0.05) is 5.56 Å². The molecule has 0 spiro atoms. The Morgan fingerprint density at radius 2 is 2.33 bits per heavy atom. The highest BCUT2D eigenvalue weighted by atomic mass is 19.1. The normalized spacial score (nSPS) is 15.5. The predicted octanol–water partition coefficient (Wildman–Crippen LogP) is 1.36. The minimum atomic E-state index is -0.461. The van der Waals surface area contributed by atoms with Gasteiger partial charge in [0.2, 0.25) is 0 Å². The summed E-state index contributed by atoms with van der Waals surface area (Å²) in [5.74, 6) is -0.461. The molecule has 0 unspecified atom stereocenters. The van der Waals surface area contributed by atoms with Gasteiger partial charge in [-0.05, 0) is 6.07 Å². The van der Waals surface area contributed by atoms with Crippen LogP contribution in [0.2, 0.25) is 0 Å². The van der Waals surface area contributed by atoms with Crippen LogP contribution < -0.4 is 5.73 Å². The standard InChI is InChI=1S/C10H11FN2O2/c11-9-7(2-1-3-8(9)12)6-13-4-5-15-10(13)14/h1-3H,4-6,12H2. The van der Waals surface area contributed by atoms with Crippen LogP contribution in [0.1, 0.15) is 5.56 Å². The molecule has 80 valence electrons. The van der Waals surface area contributed by atoms with Crippen LogP contribution in [0.5, 0.6) is 0 Å². The Kier molecular flexibility index (Phi) is 2.45. The minimum absolute atomic E-state index is 0.0973. The maximum absolute atomic E-state index is 13.5. The third kappa shape index (κ3) is 1.86. The first kappa shape index (κ1) is 9.76. The minimum Gasteiger partial charge on any atom is -0.448 e. The Bertz CT molecular complexity index is 395. The molecule has 5 heteroatoms. The number of carbonyl (C=O) groups is 1. The number of nitrogen functional groups attached to an aromatic ring is 1. The van der Waals surface area contributed by atoms with E-state index >= 15 is 0 Å². The van der Waals surface area contributed by atoms with Crippen LogP contribution in [0.3, 0.4) is 0 Å². The smallest absolute Gasteiger partial charge is 0.410 e. The van der Waals surface area contributed by atoms with Gasteiger partial charge in [-0.3, -0.25) is 0 Å². The lowest BCUT2D eigenvalue weighted by Crippen LogP contribution is -2.24. The van der Waals surface area contributed by atoms with Crippen molar-refractivity contribution in [1.82, 2.24) is 4.90 Å². The summed E-state index contributed by atoms with van der Waals surface area (Å²) in [6.45, 7) is 1.06. The number of rotatable bonds is 2. The van der Waals surface area contributed by atoms with Crippen LogP contribution in [-0.4, -0.2) is 24.1 Å². The molecular formula is C10H11FN2O2. The zero-order valence-corrected chi connectivity index (χ0v) is 8.07. The molecule has 0 bridgehead atoms. The second-order valence-electron chi connectivity index (χ2n) is 3.36. The van der Waals surface area contributed by atoms with Crippen LogP contribution in [0.4, 0.5) is 14.9 Å². The number of hydrogen-bond acceptors (Lipinski definition) is 3. The molecule has 1 aromatic carbocycles. The summed E-state index contributed by atoms with van der Waals surface area (Å²) in [6, 6.07) is 4.76. The maximum atomic E-state index is 13.5. The van der Waals surface area contributed by atoms with Crippen molar-refractivity contribution in [3.8, 4) is 0 Å². The van der Waals surface area contributed by atoms with E-state index in [4.69, 9.17) is 10.5 Å². The van der Waals surface area contributed by atoms with E-state index in [0.29, 0.717) is 18.7 Å². The molecule has 4 nitrogen and oxygen atoms in total. The van der Waals surface area contributed by atoms with Gasteiger partial charge in [-0.25, -0.2) is 9.18 Å². The predicted molar refractivity (Wildman–Crippen MR) is 52.6 cm³/mol. The zero-order chi connectivity index (χ0) is 10.8. The van der Waals surface area contributed by atoms with Crippen molar-refractivity contribution < 1.29 is 13.9 Å². The van der Waals surface area contributed by atoms with E-state index in [-0.39, 0.29) is 12.2 Å². The molecule has 1 aliphatic rings. The number of ether oxygens (including phenoxy) is 1. The number of anilines is 1. The molecule has 1 aromatic rings. The number of nitrogens with two attached hydrogens (primary N) is 1. The van der Waals surface area contributed by atoms with Crippen molar-refractivity contribution in [3.63, 3.8) is 0 Å². The third-order valence-corrected chi connectivity index (χ3v) is 2.31. The average Bonchev–Trinajstić information content (AvgIpc) is 2.60. The van der Waals surface area contributed by atoms with Crippen molar-refractivity contribution in [2.45, 2.75) is 6.54 Å². The van der Waals surface area contributed by atoms with E-state index in [0.717, 1.165) is 0 Å². The number of cyclic esters (lactones) is 1. The number of halogens is 1. The Labute approximate surface area is 86.4 Å². The van der Waals surface area contributed by atoms with Crippen LogP contribution in [0.25, 0.3) is 0 Å². The molecule has 2 N–H and O–H groups in total. The lowest BCUT2D eigenvalue weighted by molar-refractivity contribution is 0.157. The number of hydrogen-bond donors (Lipinski definition) is 1. The summed E-state index contributed by atoms with van der Waals surface area (Å²) in [5, 5.41) is 0. The van der Waals surface area contributed by atoms with Crippen LogP contribution >= 0.6 is 0 Å². The van der Waals surface area contributed by atoms with Crippen LogP contribution in [0, 0.1) is 5.82 Å². The topological polar surface area (TPSA) is 55.6 Å². The second kappa shape index (κ2) is 3.76. The Balaban J connectivity index is 2.17. The second-order valence-corrected chi connectivity index (χ2v) is 3.36. The number of amides is 1. The quantitative estimate of drug-likeness (QED) is 0.750. The SMILES string of the molecule is Nc1cccc(CN2CCOC2=O)c1F. The van der Waals surface area contributed by atoms with Crippen molar-refractivity contribution in [2.75, 3.05) is 18.9 Å². The molecule has 0 aliphatic carbocycles. The van der Waals surface area contributed by atoms with Gasteiger partial charge in [-0.15, -0.1) is 0 Å². The Hall–Kier alpha value is -1.78.